The van der Waals surface area contributed by atoms with E-state index in [2.05, 4.69) is 10.1 Å². The molecule has 6 nitrogen and oxygen atoms in total. The van der Waals surface area contributed by atoms with Crippen molar-refractivity contribution in [2.45, 2.75) is 17.9 Å². The molecule has 1 aliphatic heterocycles. The highest BCUT2D eigenvalue weighted by molar-refractivity contribution is 7.93. The first kappa shape index (κ1) is 16.0. The number of rotatable bonds is 4. The predicted molar refractivity (Wildman–Crippen MR) is 101 cm³/mol. The minimum Gasteiger partial charge on any atom is -0.337 e. The Morgan fingerprint density at radius 2 is 1.70 bits per heavy atom. The Bertz CT molecular complexity index is 1240. The second kappa shape index (κ2) is 5.92. The van der Waals surface area contributed by atoms with Crippen LogP contribution in [0.5, 0.6) is 0 Å². The molecule has 3 aromatic carbocycles. The second-order valence-electron chi connectivity index (χ2n) is 6.41. The van der Waals surface area contributed by atoms with E-state index in [4.69, 9.17) is 4.52 Å². The van der Waals surface area contributed by atoms with Crippen molar-refractivity contribution in [2.24, 2.45) is 0 Å². The largest absolute Gasteiger partial charge is 0.337 e. The SMILES string of the molecule is O=S1(=O)c2cccc3cccc(c23)N1Cc1nc(Cc2ccccc2)no1. The van der Waals surface area contributed by atoms with Crippen LogP contribution < -0.4 is 4.31 Å². The van der Waals surface area contributed by atoms with Crippen LogP contribution in [0.25, 0.3) is 10.8 Å². The zero-order chi connectivity index (χ0) is 18.4. The fourth-order valence-electron chi connectivity index (χ4n) is 3.46. The van der Waals surface area contributed by atoms with Gasteiger partial charge in [0.15, 0.2) is 5.82 Å². The molecule has 7 heteroatoms. The molecule has 0 aliphatic carbocycles. The van der Waals surface area contributed by atoms with Gasteiger partial charge < -0.3 is 4.52 Å². The van der Waals surface area contributed by atoms with Crippen LogP contribution in [0.4, 0.5) is 5.69 Å². The molecule has 134 valence electrons. The first-order valence-electron chi connectivity index (χ1n) is 8.53. The third-order valence-electron chi connectivity index (χ3n) is 4.68. The van der Waals surface area contributed by atoms with Crippen LogP contribution in [0, 0.1) is 0 Å². The zero-order valence-electron chi connectivity index (χ0n) is 14.2. The molecule has 0 saturated heterocycles. The third-order valence-corrected chi connectivity index (χ3v) is 6.48. The maximum Gasteiger partial charge on any atom is 0.265 e. The molecule has 0 saturated carbocycles. The van der Waals surface area contributed by atoms with Gasteiger partial charge in [-0.15, -0.1) is 0 Å². The number of nitrogens with zero attached hydrogens (tertiary/aromatic N) is 3. The lowest BCUT2D eigenvalue weighted by Crippen LogP contribution is -2.26. The second-order valence-corrected chi connectivity index (χ2v) is 8.24. The monoisotopic (exact) mass is 377 g/mol. The molecule has 4 aromatic rings. The summed E-state index contributed by atoms with van der Waals surface area (Å²) in [4.78, 5) is 4.70. The van der Waals surface area contributed by atoms with Crippen molar-refractivity contribution in [3.63, 3.8) is 0 Å². The van der Waals surface area contributed by atoms with Crippen LogP contribution in [0.2, 0.25) is 0 Å². The Balaban J connectivity index is 1.48. The van der Waals surface area contributed by atoms with E-state index in [0.29, 0.717) is 22.8 Å². The van der Waals surface area contributed by atoms with Crippen molar-refractivity contribution in [3.05, 3.63) is 84.0 Å². The fraction of sp³-hybridized carbons (Fsp3) is 0.100. The Kier molecular flexibility index (Phi) is 3.51. The Morgan fingerprint density at radius 1 is 0.926 bits per heavy atom. The lowest BCUT2D eigenvalue weighted by atomic mass is 10.1. The van der Waals surface area contributed by atoms with Crippen LogP contribution in [-0.2, 0) is 23.0 Å². The van der Waals surface area contributed by atoms with Gasteiger partial charge in [0.25, 0.3) is 10.0 Å². The number of benzene rings is 3. The minimum absolute atomic E-state index is 0.0118. The van der Waals surface area contributed by atoms with Gasteiger partial charge in [-0.25, -0.2) is 8.42 Å². The molecule has 0 unspecified atom stereocenters. The molecular formula is C20H15N3O3S. The van der Waals surface area contributed by atoms with Gasteiger partial charge >= 0.3 is 0 Å². The molecule has 1 aromatic heterocycles. The molecule has 5 rings (SSSR count). The summed E-state index contributed by atoms with van der Waals surface area (Å²) in [6.45, 7) is 0.0118. The predicted octanol–water partition coefficient (Wildman–Crippen LogP) is 3.52. The molecule has 0 atom stereocenters. The summed E-state index contributed by atoms with van der Waals surface area (Å²) in [6.07, 6.45) is 0.535. The number of anilines is 1. The molecule has 0 N–H and O–H groups in total. The quantitative estimate of drug-likeness (QED) is 0.544. The van der Waals surface area contributed by atoms with Gasteiger partial charge in [0, 0.05) is 11.8 Å². The van der Waals surface area contributed by atoms with E-state index in [1.807, 2.05) is 48.5 Å². The van der Waals surface area contributed by atoms with E-state index in [1.54, 1.807) is 18.2 Å². The molecule has 0 radical (unpaired) electrons. The lowest BCUT2D eigenvalue weighted by molar-refractivity contribution is 0.375. The highest BCUT2D eigenvalue weighted by Crippen LogP contribution is 2.42. The van der Waals surface area contributed by atoms with Gasteiger partial charge in [-0.05, 0) is 23.1 Å². The highest BCUT2D eigenvalue weighted by Gasteiger charge is 2.36. The molecule has 1 aliphatic rings. The Labute approximate surface area is 156 Å². The third kappa shape index (κ3) is 2.59. The summed E-state index contributed by atoms with van der Waals surface area (Å²) < 4.78 is 32.7. The lowest BCUT2D eigenvalue weighted by Gasteiger charge is -2.16. The standard InChI is InChI=1S/C20H15N3O3S/c24-27(25)17-11-5-9-15-8-4-10-16(20(15)17)23(27)13-19-21-18(22-26-19)12-14-6-2-1-3-7-14/h1-11H,12-13H2. The normalized spacial score (nSPS) is 14.7. The molecule has 0 fully saturated rings. The number of aromatic nitrogens is 2. The van der Waals surface area contributed by atoms with Gasteiger partial charge in [-0.1, -0.05) is 59.8 Å². The van der Waals surface area contributed by atoms with Crippen molar-refractivity contribution >= 4 is 26.5 Å². The van der Waals surface area contributed by atoms with E-state index >= 15 is 0 Å². The van der Waals surface area contributed by atoms with Crippen molar-refractivity contribution in [2.75, 3.05) is 4.31 Å². The van der Waals surface area contributed by atoms with E-state index < -0.39 is 10.0 Å². The number of sulfonamides is 1. The van der Waals surface area contributed by atoms with Gasteiger partial charge in [0.2, 0.25) is 5.89 Å². The zero-order valence-corrected chi connectivity index (χ0v) is 15.1. The average Bonchev–Trinajstić information content (AvgIpc) is 3.20. The summed E-state index contributed by atoms with van der Waals surface area (Å²) in [5, 5.41) is 5.63. The summed E-state index contributed by atoms with van der Waals surface area (Å²) >= 11 is 0. The maximum absolute atomic E-state index is 13.0. The molecule has 0 bridgehead atoms. The smallest absolute Gasteiger partial charge is 0.265 e. The summed E-state index contributed by atoms with van der Waals surface area (Å²) in [5.74, 6) is 0.804. The van der Waals surface area contributed by atoms with Crippen molar-refractivity contribution in [3.8, 4) is 0 Å². The Hall–Kier alpha value is -3.19. The molecule has 0 spiro atoms. The summed E-state index contributed by atoms with van der Waals surface area (Å²) in [6, 6.07) is 20.7. The molecule has 2 heterocycles. The fourth-order valence-corrected chi connectivity index (χ4v) is 5.12. The maximum atomic E-state index is 13.0. The van der Waals surface area contributed by atoms with Crippen LogP contribution in [0.15, 0.2) is 76.1 Å². The van der Waals surface area contributed by atoms with E-state index in [1.165, 1.54) is 4.31 Å². The average molecular weight is 377 g/mol. The van der Waals surface area contributed by atoms with Gasteiger partial charge in [0.1, 0.15) is 6.54 Å². The van der Waals surface area contributed by atoms with E-state index in [-0.39, 0.29) is 12.4 Å². The van der Waals surface area contributed by atoms with E-state index in [9.17, 15) is 8.42 Å². The summed E-state index contributed by atoms with van der Waals surface area (Å²) in [5.41, 5.74) is 1.71. The van der Waals surface area contributed by atoms with Crippen LogP contribution in [-0.4, -0.2) is 18.6 Å². The van der Waals surface area contributed by atoms with Crippen LogP contribution in [0.1, 0.15) is 17.3 Å². The van der Waals surface area contributed by atoms with Gasteiger partial charge in [-0.2, -0.15) is 4.98 Å². The van der Waals surface area contributed by atoms with Crippen molar-refractivity contribution in [1.82, 2.24) is 10.1 Å². The number of hydrogen-bond acceptors (Lipinski definition) is 5. The summed E-state index contributed by atoms with van der Waals surface area (Å²) in [7, 11) is -3.64. The van der Waals surface area contributed by atoms with Crippen molar-refractivity contribution < 1.29 is 12.9 Å². The first-order valence-corrected chi connectivity index (χ1v) is 9.97. The number of hydrogen-bond donors (Lipinski definition) is 0. The highest BCUT2D eigenvalue weighted by atomic mass is 32.2. The van der Waals surface area contributed by atoms with Gasteiger partial charge in [-0.3, -0.25) is 4.31 Å². The first-order chi connectivity index (χ1) is 13.1. The Morgan fingerprint density at radius 3 is 2.52 bits per heavy atom. The van der Waals surface area contributed by atoms with Gasteiger partial charge in [0.05, 0.1) is 10.6 Å². The molecule has 0 amide bonds. The van der Waals surface area contributed by atoms with Crippen LogP contribution in [0.3, 0.4) is 0 Å². The van der Waals surface area contributed by atoms with Crippen molar-refractivity contribution in [1.29, 1.82) is 0 Å². The van der Waals surface area contributed by atoms with Crippen LogP contribution >= 0.6 is 0 Å². The topological polar surface area (TPSA) is 76.3 Å². The molecular weight excluding hydrogens is 362 g/mol. The molecule has 27 heavy (non-hydrogen) atoms. The minimum atomic E-state index is -3.64. The van der Waals surface area contributed by atoms with E-state index in [0.717, 1.165) is 16.3 Å².